The SMILES string of the molecule is Cn1ccc(C=C2CN(C(=O)OC(C)(C)C)C2)n1. The molecule has 1 aliphatic rings. The molecule has 0 aromatic carbocycles. The fraction of sp³-hybridized carbons (Fsp3) is 0.538. The van der Waals surface area contributed by atoms with Crippen molar-refractivity contribution in [2.45, 2.75) is 26.4 Å². The van der Waals surface area contributed by atoms with Gasteiger partial charge >= 0.3 is 6.09 Å². The number of likely N-dealkylation sites (tertiary alicyclic amines) is 1. The van der Waals surface area contributed by atoms with E-state index in [-0.39, 0.29) is 6.09 Å². The van der Waals surface area contributed by atoms with Crippen LogP contribution in [0.5, 0.6) is 0 Å². The zero-order chi connectivity index (χ0) is 13.3. The molecule has 0 atom stereocenters. The quantitative estimate of drug-likeness (QED) is 0.765. The molecule has 0 saturated carbocycles. The third kappa shape index (κ3) is 3.12. The van der Waals surface area contributed by atoms with E-state index in [9.17, 15) is 4.79 Å². The van der Waals surface area contributed by atoms with E-state index in [1.54, 1.807) is 9.58 Å². The van der Waals surface area contributed by atoms with E-state index in [2.05, 4.69) is 5.10 Å². The summed E-state index contributed by atoms with van der Waals surface area (Å²) < 4.78 is 7.04. The molecule has 0 unspecified atom stereocenters. The average molecular weight is 249 g/mol. The van der Waals surface area contributed by atoms with E-state index < -0.39 is 5.60 Å². The van der Waals surface area contributed by atoms with Crippen LogP contribution in [-0.4, -0.2) is 39.5 Å². The molecule has 2 heterocycles. The number of ether oxygens (including phenoxy) is 1. The van der Waals surface area contributed by atoms with Gasteiger partial charge in [-0.15, -0.1) is 0 Å². The third-order valence-electron chi connectivity index (χ3n) is 2.53. The van der Waals surface area contributed by atoms with Crippen molar-refractivity contribution < 1.29 is 9.53 Å². The normalized spacial score (nSPS) is 15.3. The van der Waals surface area contributed by atoms with Crippen molar-refractivity contribution in [3.05, 3.63) is 23.5 Å². The lowest BCUT2D eigenvalue weighted by atomic mass is 10.1. The molecule has 0 bridgehead atoms. The summed E-state index contributed by atoms with van der Waals surface area (Å²) in [6.07, 6.45) is 3.66. The van der Waals surface area contributed by atoms with Gasteiger partial charge in [0.1, 0.15) is 5.60 Å². The van der Waals surface area contributed by atoms with Crippen LogP contribution >= 0.6 is 0 Å². The first kappa shape index (κ1) is 12.7. The van der Waals surface area contributed by atoms with Crippen molar-refractivity contribution in [2.24, 2.45) is 7.05 Å². The molecule has 1 aromatic heterocycles. The molecule has 1 saturated heterocycles. The minimum Gasteiger partial charge on any atom is -0.444 e. The molecule has 1 amide bonds. The number of hydrogen-bond acceptors (Lipinski definition) is 3. The summed E-state index contributed by atoms with van der Waals surface area (Å²) in [5.41, 5.74) is 1.69. The smallest absolute Gasteiger partial charge is 0.410 e. The molecule has 0 N–H and O–H groups in total. The summed E-state index contributed by atoms with van der Waals surface area (Å²) in [6.45, 7) is 6.87. The van der Waals surface area contributed by atoms with Crippen LogP contribution in [0.15, 0.2) is 17.8 Å². The second kappa shape index (κ2) is 4.48. The zero-order valence-electron chi connectivity index (χ0n) is 11.3. The number of aromatic nitrogens is 2. The van der Waals surface area contributed by atoms with Gasteiger partial charge in [0.15, 0.2) is 0 Å². The Labute approximate surface area is 107 Å². The Morgan fingerprint density at radius 3 is 2.61 bits per heavy atom. The first-order chi connectivity index (χ1) is 8.33. The van der Waals surface area contributed by atoms with Crippen LogP contribution in [0.2, 0.25) is 0 Å². The molecular formula is C13H19N3O2. The lowest BCUT2D eigenvalue weighted by Gasteiger charge is -2.35. The number of carbonyl (C=O) groups excluding carboxylic acids is 1. The lowest BCUT2D eigenvalue weighted by molar-refractivity contribution is 0.0216. The summed E-state index contributed by atoms with van der Waals surface area (Å²) in [5.74, 6) is 0. The number of amides is 1. The van der Waals surface area contributed by atoms with E-state index in [0.717, 1.165) is 5.69 Å². The molecule has 0 radical (unpaired) electrons. The molecular weight excluding hydrogens is 230 g/mol. The van der Waals surface area contributed by atoms with Gasteiger partial charge in [0.2, 0.25) is 0 Å². The van der Waals surface area contributed by atoms with Crippen LogP contribution in [0.1, 0.15) is 26.5 Å². The third-order valence-corrected chi connectivity index (χ3v) is 2.53. The lowest BCUT2D eigenvalue weighted by Crippen LogP contribution is -2.46. The highest BCUT2D eigenvalue weighted by Gasteiger charge is 2.29. The highest BCUT2D eigenvalue weighted by atomic mass is 16.6. The fourth-order valence-corrected chi connectivity index (χ4v) is 1.71. The van der Waals surface area contributed by atoms with Crippen molar-refractivity contribution in [3.63, 3.8) is 0 Å². The molecule has 1 aromatic rings. The van der Waals surface area contributed by atoms with Crippen LogP contribution in [0.3, 0.4) is 0 Å². The van der Waals surface area contributed by atoms with Gasteiger partial charge in [-0.1, -0.05) is 0 Å². The standard InChI is InChI=1S/C13H19N3O2/c1-13(2,3)18-12(17)16-8-10(9-16)7-11-5-6-15(4)14-11/h5-7H,8-9H2,1-4H3. The van der Waals surface area contributed by atoms with Gasteiger partial charge in [-0.25, -0.2) is 4.79 Å². The maximum Gasteiger partial charge on any atom is 0.410 e. The number of carbonyl (C=O) groups is 1. The molecule has 1 fully saturated rings. The molecule has 98 valence electrons. The van der Waals surface area contributed by atoms with Crippen molar-refractivity contribution in [1.29, 1.82) is 0 Å². The Bertz CT molecular complexity index is 475. The highest BCUT2D eigenvalue weighted by molar-refractivity contribution is 5.72. The molecule has 1 aliphatic heterocycles. The van der Waals surface area contributed by atoms with Gasteiger partial charge in [-0.05, 0) is 38.5 Å². The Hall–Kier alpha value is -1.78. The number of rotatable bonds is 1. The first-order valence-corrected chi connectivity index (χ1v) is 6.00. The van der Waals surface area contributed by atoms with Crippen LogP contribution in [-0.2, 0) is 11.8 Å². The van der Waals surface area contributed by atoms with Crippen LogP contribution in [0.4, 0.5) is 4.79 Å². The average Bonchev–Trinajstić information content (AvgIpc) is 2.53. The Morgan fingerprint density at radius 2 is 2.11 bits per heavy atom. The Balaban J connectivity index is 1.87. The van der Waals surface area contributed by atoms with E-state index in [0.29, 0.717) is 13.1 Å². The summed E-state index contributed by atoms with van der Waals surface area (Å²) >= 11 is 0. The molecule has 2 rings (SSSR count). The summed E-state index contributed by atoms with van der Waals surface area (Å²) in [6, 6.07) is 1.95. The topological polar surface area (TPSA) is 47.4 Å². The predicted molar refractivity (Wildman–Crippen MR) is 69.0 cm³/mol. The minimum atomic E-state index is -0.433. The molecule has 0 aliphatic carbocycles. The number of nitrogens with zero attached hydrogens (tertiary/aromatic N) is 3. The van der Waals surface area contributed by atoms with E-state index >= 15 is 0 Å². The number of aryl methyl sites for hydroxylation is 1. The molecule has 5 heteroatoms. The van der Waals surface area contributed by atoms with Crippen molar-refractivity contribution in [1.82, 2.24) is 14.7 Å². The van der Waals surface area contributed by atoms with Crippen molar-refractivity contribution >= 4 is 12.2 Å². The number of hydrogen-bond donors (Lipinski definition) is 0. The van der Waals surface area contributed by atoms with Gasteiger partial charge < -0.3 is 9.64 Å². The van der Waals surface area contributed by atoms with Crippen LogP contribution in [0, 0.1) is 0 Å². The summed E-state index contributed by atoms with van der Waals surface area (Å²) in [5, 5.41) is 4.27. The molecule has 5 nitrogen and oxygen atoms in total. The molecule has 18 heavy (non-hydrogen) atoms. The van der Waals surface area contributed by atoms with Gasteiger partial charge in [-0.3, -0.25) is 4.68 Å². The second-order valence-corrected chi connectivity index (χ2v) is 5.55. The van der Waals surface area contributed by atoms with Crippen molar-refractivity contribution in [2.75, 3.05) is 13.1 Å². The van der Waals surface area contributed by atoms with Crippen molar-refractivity contribution in [3.8, 4) is 0 Å². The monoisotopic (exact) mass is 249 g/mol. The van der Waals surface area contributed by atoms with E-state index in [1.807, 2.05) is 46.2 Å². The van der Waals surface area contributed by atoms with Crippen LogP contribution < -0.4 is 0 Å². The predicted octanol–water partition coefficient (Wildman–Crippen LogP) is 2.05. The van der Waals surface area contributed by atoms with Gasteiger partial charge in [0, 0.05) is 26.3 Å². The highest BCUT2D eigenvalue weighted by Crippen LogP contribution is 2.20. The second-order valence-electron chi connectivity index (χ2n) is 5.55. The Kier molecular flexibility index (Phi) is 3.15. The molecule has 0 spiro atoms. The summed E-state index contributed by atoms with van der Waals surface area (Å²) in [7, 11) is 1.88. The first-order valence-electron chi connectivity index (χ1n) is 6.00. The maximum atomic E-state index is 11.7. The van der Waals surface area contributed by atoms with Gasteiger partial charge in [-0.2, -0.15) is 5.10 Å². The van der Waals surface area contributed by atoms with Gasteiger partial charge in [0.25, 0.3) is 0 Å². The van der Waals surface area contributed by atoms with E-state index in [1.165, 1.54) is 5.57 Å². The fourth-order valence-electron chi connectivity index (χ4n) is 1.71. The van der Waals surface area contributed by atoms with Crippen LogP contribution in [0.25, 0.3) is 6.08 Å². The zero-order valence-corrected chi connectivity index (χ0v) is 11.3. The largest absolute Gasteiger partial charge is 0.444 e. The van der Waals surface area contributed by atoms with E-state index in [4.69, 9.17) is 4.74 Å². The Morgan fingerprint density at radius 1 is 1.44 bits per heavy atom. The summed E-state index contributed by atoms with van der Waals surface area (Å²) in [4.78, 5) is 13.4. The minimum absolute atomic E-state index is 0.249. The maximum absolute atomic E-state index is 11.7. The van der Waals surface area contributed by atoms with Gasteiger partial charge in [0.05, 0.1) is 5.69 Å².